The van der Waals surface area contributed by atoms with Crippen LogP contribution in [0.3, 0.4) is 0 Å². The lowest BCUT2D eigenvalue weighted by atomic mass is 10.3. The van der Waals surface area contributed by atoms with E-state index in [4.69, 9.17) is 9.84 Å². The van der Waals surface area contributed by atoms with Crippen LogP contribution < -0.4 is 0 Å². The second-order valence-corrected chi connectivity index (χ2v) is 3.24. The van der Waals surface area contributed by atoms with Gasteiger partial charge < -0.3 is 9.84 Å². The molecule has 4 heteroatoms. The van der Waals surface area contributed by atoms with Gasteiger partial charge in [-0.1, -0.05) is 29.5 Å². The molecular weight excluding hydrogens is 259 g/mol. The standard InChI is InChI=1S/C7H13IO3/c1-2-5-11-7(10)6(9)3-4-8/h6,9H,2-5H2,1H3/t6-/m1/s1. The maximum Gasteiger partial charge on any atom is 0.334 e. The molecule has 3 nitrogen and oxygen atoms in total. The van der Waals surface area contributed by atoms with Gasteiger partial charge in [0.1, 0.15) is 0 Å². The number of alkyl halides is 1. The molecule has 0 aliphatic rings. The monoisotopic (exact) mass is 272 g/mol. The number of rotatable bonds is 5. The molecule has 0 aliphatic heterocycles. The lowest BCUT2D eigenvalue weighted by Crippen LogP contribution is -2.23. The molecule has 1 atom stereocenters. The highest BCUT2D eigenvalue weighted by molar-refractivity contribution is 14.1. The smallest absolute Gasteiger partial charge is 0.334 e. The SMILES string of the molecule is CCCOC(=O)[C@H](O)CCI. The largest absolute Gasteiger partial charge is 0.464 e. The molecule has 0 unspecified atom stereocenters. The van der Waals surface area contributed by atoms with Gasteiger partial charge in [0.05, 0.1) is 6.61 Å². The third kappa shape index (κ3) is 5.43. The molecule has 1 N–H and O–H groups in total. The van der Waals surface area contributed by atoms with Gasteiger partial charge in [-0.2, -0.15) is 0 Å². The zero-order valence-electron chi connectivity index (χ0n) is 6.55. The molecule has 11 heavy (non-hydrogen) atoms. The molecular formula is C7H13IO3. The van der Waals surface area contributed by atoms with Crippen LogP contribution in [-0.2, 0) is 9.53 Å². The molecule has 0 spiro atoms. The van der Waals surface area contributed by atoms with E-state index in [1.165, 1.54) is 0 Å². The van der Waals surface area contributed by atoms with Gasteiger partial charge in [0.2, 0.25) is 0 Å². The summed E-state index contributed by atoms with van der Waals surface area (Å²) >= 11 is 2.11. The first-order valence-corrected chi connectivity index (χ1v) is 5.15. The summed E-state index contributed by atoms with van der Waals surface area (Å²) in [5.74, 6) is -0.497. The highest BCUT2D eigenvalue weighted by atomic mass is 127. The van der Waals surface area contributed by atoms with Gasteiger partial charge in [-0.25, -0.2) is 4.79 Å². The number of aliphatic hydroxyl groups excluding tert-OH is 1. The molecule has 0 aliphatic carbocycles. The number of aliphatic hydroxyl groups is 1. The topological polar surface area (TPSA) is 46.5 Å². The number of hydrogen-bond donors (Lipinski definition) is 1. The number of carbonyl (C=O) groups is 1. The second-order valence-electron chi connectivity index (χ2n) is 2.16. The van der Waals surface area contributed by atoms with Crippen molar-refractivity contribution in [3.63, 3.8) is 0 Å². The Morgan fingerprint density at radius 3 is 2.82 bits per heavy atom. The summed E-state index contributed by atoms with van der Waals surface area (Å²) in [5, 5.41) is 9.06. The van der Waals surface area contributed by atoms with E-state index in [9.17, 15) is 4.79 Å². The van der Waals surface area contributed by atoms with Gasteiger partial charge in [-0.3, -0.25) is 0 Å². The van der Waals surface area contributed by atoms with E-state index in [-0.39, 0.29) is 0 Å². The highest BCUT2D eigenvalue weighted by Crippen LogP contribution is 1.98. The van der Waals surface area contributed by atoms with Crippen LogP contribution in [0.1, 0.15) is 19.8 Å². The molecule has 0 amide bonds. The van der Waals surface area contributed by atoms with Crippen molar-refractivity contribution < 1.29 is 14.6 Å². The van der Waals surface area contributed by atoms with Crippen molar-refractivity contribution in [1.29, 1.82) is 0 Å². The number of ether oxygens (including phenoxy) is 1. The molecule has 0 aromatic heterocycles. The van der Waals surface area contributed by atoms with Crippen molar-refractivity contribution in [1.82, 2.24) is 0 Å². The summed E-state index contributed by atoms with van der Waals surface area (Å²) in [6.45, 7) is 2.31. The Morgan fingerprint density at radius 2 is 2.36 bits per heavy atom. The van der Waals surface area contributed by atoms with E-state index in [0.29, 0.717) is 13.0 Å². The first-order valence-electron chi connectivity index (χ1n) is 3.63. The summed E-state index contributed by atoms with van der Waals surface area (Å²) in [4.78, 5) is 10.8. The Labute approximate surface area is 80.3 Å². The lowest BCUT2D eigenvalue weighted by molar-refractivity contribution is -0.153. The van der Waals surface area contributed by atoms with Crippen molar-refractivity contribution in [2.75, 3.05) is 11.0 Å². The summed E-state index contributed by atoms with van der Waals surface area (Å²) in [5.41, 5.74) is 0. The Balaban J connectivity index is 3.47. The third-order valence-electron chi connectivity index (χ3n) is 1.10. The lowest BCUT2D eigenvalue weighted by Gasteiger charge is -2.07. The predicted octanol–water partition coefficient (Wildman–Crippen LogP) is 1.13. The number of hydrogen-bond acceptors (Lipinski definition) is 3. The van der Waals surface area contributed by atoms with Crippen LogP contribution in [0.25, 0.3) is 0 Å². The van der Waals surface area contributed by atoms with Crippen molar-refractivity contribution in [2.24, 2.45) is 0 Å². The maximum absolute atomic E-state index is 10.8. The molecule has 0 aromatic carbocycles. The van der Waals surface area contributed by atoms with Gasteiger partial charge in [0, 0.05) is 4.43 Å². The normalized spacial score (nSPS) is 12.6. The number of halogens is 1. The Hall–Kier alpha value is 0.160. The Kier molecular flexibility index (Phi) is 6.94. The average Bonchev–Trinajstić information content (AvgIpc) is 2.00. The number of carbonyl (C=O) groups excluding carboxylic acids is 1. The molecule has 0 heterocycles. The molecule has 0 rings (SSSR count). The minimum atomic E-state index is -0.932. The molecule has 0 saturated heterocycles. The van der Waals surface area contributed by atoms with Crippen LogP contribution >= 0.6 is 22.6 Å². The molecule has 66 valence electrons. The van der Waals surface area contributed by atoms with Crippen molar-refractivity contribution in [2.45, 2.75) is 25.9 Å². The molecule has 0 bridgehead atoms. The van der Waals surface area contributed by atoms with E-state index in [1.807, 2.05) is 6.92 Å². The molecule has 0 aromatic rings. The van der Waals surface area contributed by atoms with E-state index in [2.05, 4.69) is 22.6 Å². The average molecular weight is 272 g/mol. The van der Waals surface area contributed by atoms with E-state index < -0.39 is 12.1 Å². The summed E-state index contributed by atoms with van der Waals surface area (Å²) < 4.78 is 5.48. The second kappa shape index (κ2) is 6.84. The van der Waals surface area contributed by atoms with Gasteiger partial charge in [-0.15, -0.1) is 0 Å². The molecule has 0 radical (unpaired) electrons. The zero-order chi connectivity index (χ0) is 8.69. The fraction of sp³-hybridized carbons (Fsp3) is 0.857. The minimum absolute atomic E-state index is 0.400. The van der Waals surface area contributed by atoms with E-state index in [1.54, 1.807) is 0 Å². The van der Waals surface area contributed by atoms with Gasteiger partial charge in [-0.05, 0) is 12.8 Å². The van der Waals surface area contributed by atoms with E-state index >= 15 is 0 Å². The number of esters is 1. The van der Waals surface area contributed by atoms with Crippen LogP contribution in [0, 0.1) is 0 Å². The zero-order valence-corrected chi connectivity index (χ0v) is 8.70. The third-order valence-corrected chi connectivity index (χ3v) is 1.73. The quantitative estimate of drug-likeness (QED) is 0.463. The predicted molar refractivity (Wildman–Crippen MR) is 50.8 cm³/mol. The first kappa shape index (κ1) is 11.2. The summed E-state index contributed by atoms with van der Waals surface area (Å²) in [6, 6.07) is 0. The minimum Gasteiger partial charge on any atom is -0.464 e. The Morgan fingerprint density at radius 1 is 1.73 bits per heavy atom. The van der Waals surface area contributed by atoms with Gasteiger partial charge >= 0.3 is 5.97 Å². The fourth-order valence-electron chi connectivity index (χ4n) is 0.520. The molecule has 0 fully saturated rings. The van der Waals surface area contributed by atoms with E-state index in [0.717, 1.165) is 10.8 Å². The highest BCUT2D eigenvalue weighted by Gasteiger charge is 2.14. The van der Waals surface area contributed by atoms with Crippen molar-refractivity contribution >= 4 is 28.6 Å². The van der Waals surface area contributed by atoms with Crippen LogP contribution in [0.2, 0.25) is 0 Å². The van der Waals surface area contributed by atoms with Crippen LogP contribution in [-0.4, -0.2) is 28.2 Å². The van der Waals surface area contributed by atoms with Gasteiger partial charge in [0.15, 0.2) is 6.10 Å². The van der Waals surface area contributed by atoms with Gasteiger partial charge in [0.25, 0.3) is 0 Å². The summed E-state index contributed by atoms with van der Waals surface area (Å²) in [7, 11) is 0. The van der Waals surface area contributed by atoms with Crippen LogP contribution in [0.5, 0.6) is 0 Å². The summed E-state index contributed by atoms with van der Waals surface area (Å²) in [6.07, 6.45) is 0.338. The fourth-order valence-corrected chi connectivity index (χ4v) is 1.11. The van der Waals surface area contributed by atoms with Crippen LogP contribution in [0.4, 0.5) is 0 Å². The maximum atomic E-state index is 10.8. The Bertz CT molecular complexity index is 116. The van der Waals surface area contributed by atoms with Crippen LogP contribution in [0.15, 0.2) is 0 Å². The van der Waals surface area contributed by atoms with Crippen molar-refractivity contribution in [3.05, 3.63) is 0 Å². The van der Waals surface area contributed by atoms with Crippen molar-refractivity contribution in [3.8, 4) is 0 Å². The molecule has 0 saturated carbocycles. The first-order chi connectivity index (χ1) is 5.22.